The van der Waals surface area contributed by atoms with Crippen LogP contribution in [0.4, 0.5) is 0 Å². The van der Waals surface area contributed by atoms with Gasteiger partial charge in [-0.3, -0.25) is 38.6 Å². The molecule has 1 heterocycles. The van der Waals surface area contributed by atoms with Crippen LogP contribution in [0.3, 0.4) is 0 Å². The molecule has 62 heavy (non-hydrogen) atoms. The van der Waals surface area contributed by atoms with Gasteiger partial charge in [0.1, 0.15) is 36.3 Å². The number of aliphatic hydroxyl groups excluding tert-OH is 1. The van der Waals surface area contributed by atoms with Gasteiger partial charge in [0.25, 0.3) is 0 Å². The summed E-state index contributed by atoms with van der Waals surface area (Å²) in [5.74, 6) is -7.58. The molecule has 2 rings (SSSR count). The first-order chi connectivity index (χ1) is 29.3. The van der Waals surface area contributed by atoms with Crippen molar-refractivity contribution in [3.8, 4) is 0 Å². The maximum Gasteiger partial charge on any atom is 0.328 e. The van der Waals surface area contributed by atoms with Crippen LogP contribution in [0.15, 0.2) is 35.5 Å². The number of carbonyl (C=O) groups excluding carboxylic acids is 6. The summed E-state index contributed by atoms with van der Waals surface area (Å²) in [7, 11) is 0. The molecule has 0 aliphatic heterocycles. The minimum Gasteiger partial charge on any atom is -0.481 e. The number of thioether (sulfide) groups is 1. The van der Waals surface area contributed by atoms with Gasteiger partial charge >= 0.3 is 11.9 Å². The van der Waals surface area contributed by atoms with Crippen molar-refractivity contribution < 1.29 is 53.7 Å². The fourth-order valence-corrected chi connectivity index (χ4v) is 6.55. The Kier molecular flexibility index (Phi) is 22.2. The van der Waals surface area contributed by atoms with E-state index < -0.39 is 109 Å². The van der Waals surface area contributed by atoms with Gasteiger partial charge in [0.2, 0.25) is 35.4 Å². The van der Waals surface area contributed by atoms with Gasteiger partial charge in [-0.1, -0.05) is 32.0 Å². The first-order valence-electron chi connectivity index (χ1n) is 20.0. The lowest BCUT2D eigenvalue weighted by molar-refractivity contribution is -0.144. The van der Waals surface area contributed by atoms with Crippen molar-refractivity contribution in [2.24, 2.45) is 28.1 Å². The van der Waals surface area contributed by atoms with Crippen molar-refractivity contribution in [1.29, 1.82) is 0 Å². The van der Waals surface area contributed by atoms with E-state index in [1.54, 1.807) is 26.3 Å². The van der Waals surface area contributed by atoms with Crippen molar-refractivity contribution in [3.63, 3.8) is 0 Å². The summed E-state index contributed by atoms with van der Waals surface area (Å²) < 4.78 is 0. The van der Waals surface area contributed by atoms with Gasteiger partial charge in [0.15, 0.2) is 5.96 Å². The lowest BCUT2D eigenvalue weighted by atomic mass is 10.0. The van der Waals surface area contributed by atoms with Crippen molar-refractivity contribution in [1.82, 2.24) is 36.9 Å². The number of carboxylic acid groups (broad SMARTS) is 2. The number of hydrogen-bond acceptors (Lipinski definition) is 12. The van der Waals surface area contributed by atoms with Gasteiger partial charge in [-0.05, 0) is 68.6 Å². The molecule has 6 amide bonds. The van der Waals surface area contributed by atoms with Crippen LogP contribution in [0.1, 0.15) is 64.9 Å². The van der Waals surface area contributed by atoms with Crippen LogP contribution >= 0.6 is 11.8 Å². The lowest BCUT2D eigenvalue weighted by Gasteiger charge is -2.27. The Hall–Kier alpha value is -5.94. The lowest BCUT2D eigenvalue weighted by Crippen LogP contribution is -2.59. The highest BCUT2D eigenvalue weighted by Crippen LogP contribution is 2.20. The zero-order valence-electron chi connectivity index (χ0n) is 35.3. The van der Waals surface area contributed by atoms with Crippen LogP contribution in [0.5, 0.6) is 0 Å². The molecule has 0 aliphatic rings. The van der Waals surface area contributed by atoms with E-state index in [2.05, 4.69) is 36.6 Å². The standard InChI is InChI=1S/C39H61N11O11S/c1-20(2)16-28(36(58)46-26(11-12-31(52)53)35(57)50-30(19-51)38(60)61)48-32(54)21(3)45-34(56)27(13-15-62-4)47-37(59)29(17-22-18-44-25-10-6-5-8-23(22)25)49-33(55)24(40)9-7-14-43-39(41)42/h5-6,8,10,18,20-21,24,26-30,44,51H,7,9,11-17,19,40H2,1-4H3,(H,45,56)(H,46,58)(H,47,59)(H,48,54)(H,49,55)(H,50,57)(H,52,53)(H,60,61)(H4,41,42,43). The van der Waals surface area contributed by atoms with E-state index >= 15 is 0 Å². The molecular formula is C39H61N11O11S. The van der Waals surface area contributed by atoms with Gasteiger partial charge < -0.3 is 69.4 Å². The number of nitrogens with one attached hydrogen (secondary N) is 7. The second-order valence-corrected chi connectivity index (χ2v) is 16.0. The predicted octanol–water partition coefficient (Wildman–Crippen LogP) is -2.24. The second-order valence-electron chi connectivity index (χ2n) is 15.0. The number of carbonyl (C=O) groups is 8. The number of nitrogens with two attached hydrogens (primary N) is 3. The highest BCUT2D eigenvalue weighted by molar-refractivity contribution is 7.98. The molecule has 0 bridgehead atoms. The zero-order chi connectivity index (χ0) is 46.5. The van der Waals surface area contributed by atoms with E-state index in [1.807, 2.05) is 29.6 Å². The number of guanidine groups is 1. The van der Waals surface area contributed by atoms with E-state index in [-0.39, 0.29) is 44.1 Å². The monoisotopic (exact) mass is 891 g/mol. The molecule has 344 valence electrons. The predicted molar refractivity (Wildman–Crippen MR) is 231 cm³/mol. The summed E-state index contributed by atoms with van der Waals surface area (Å²) >= 11 is 1.40. The maximum atomic E-state index is 14.0. The van der Waals surface area contributed by atoms with Gasteiger partial charge in [-0.25, -0.2) is 4.79 Å². The fraction of sp³-hybridized carbons (Fsp3) is 0.564. The molecule has 0 fully saturated rings. The van der Waals surface area contributed by atoms with E-state index in [0.29, 0.717) is 17.7 Å². The Bertz CT molecular complexity index is 1890. The van der Waals surface area contributed by atoms with E-state index in [0.717, 1.165) is 10.9 Å². The molecule has 0 saturated carbocycles. The number of carboxylic acids is 2. The molecule has 7 atom stereocenters. The zero-order valence-corrected chi connectivity index (χ0v) is 36.1. The number of rotatable bonds is 28. The van der Waals surface area contributed by atoms with Crippen molar-refractivity contribution in [2.45, 2.75) is 108 Å². The molecule has 1 aromatic carbocycles. The molecule has 0 radical (unpaired) electrons. The van der Waals surface area contributed by atoms with Crippen molar-refractivity contribution in [2.75, 3.05) is 25.2 Å². The number of aliphatic hydroxyl groups is 1. The third kappa shape index (κ3) is 18.0. The molecular weight excluding hydrogens is 831 g/mol. The average Bonchev–Trinajstić information content (AvgIpc) is 3.62. The number of hydrogen-bond donors (Lipinski definition) is 13. The topological polar surface area (TPSA) is 376 Å². The first kappa shape index (κ1) is 52.2. The van der Waals surface area contributed by atoms with E-state index in [9.17, 15) is 53.7 Å². The van der Waals surface area contributed by atoms with Gasteiger partial charge in [-0.2, -0.15) is 11.8 Å². The SMILES string of the molecule is CSCCC(NC(=O)C(Cc1c[nH]c2ccccc12)NC(=O)C(N)CCCN=C(N)N)C(=O)NC(C)C(=O)NC(CC(C)C)C(=O)NC(CCC(=O)O)C(=O)NC(CO)C(=O)O. The summed E-state index contributed by atoms with van der Waals surface area (Å²) in [5.41, 5.74) is 18.4. The summed E-state index contributed by atoms with van der Waals surface area (Å²) in [4.78, 5) is 111. The Balaban J connectivity index is 2.27. The number of nitrogens with zero attached hydrogens (tertiary/aromatic N) is 1. The van der Waals surface area contributed by atoms with Gasteiger partial charge in [0.05, 0.1) is 12.6 Å². The number of benzene rings is 1. The number of para-hydroxylation sites is 1. The van der Waals surface area contributed by atoms with E-state index in [1.165, 1.54) is 18.7 Å². The smallest absolute Gasteiger partial charge is 0.328 e. The Labute approximate surface area is 363 Å². The summed E-state index contributed by atoms with van der Waals surface area (Å²) in [6, 6.07) is -1.85. The van der Waals surface area contributed by atoms with Gasteiger partial charge in [-0.15, -0.1) is 0 Å². The van der Waals surface area contributed by atoms with Crippen LogP contribution in [0.2, 0.25) is 0 Å². The number of H-pyrrole nitrogens is 1. The largest absolute Gasteiger partial charge is 0.481 e. The van der Waals surface area contributed by atoms with Crippen LogP contribution in [0.25, 0.3) is 10.9 Å². The molecule has 0 saturated heterocycles. The summed E-state index contributed by atoms with van der Waals surface area (Å²) in [6.45, 7) is 4.12. The van der Waals surface area contributed by atoms with Gasteiger partial charge in [0, 0.05) is 36.5 Å². The van der Waals surface area contributed by atoms with Crippen LogP contribution < -0.4 is 49.1 Å². The normalized spacial score (nSPS) is 14.5. The molecule has 7 unspecified atom stereocenters. The third-order valence-electron chi connectivity index (χ3n) is 9.45. The molecule has 0 spiro atoms. The highest BCUT2D eigenvalue weighted by Gasteiger charge is 2.33. The minimum absolute atomic E-state index is 0.0255. The fourth-order valence-electron chi connectivity index (χ4n) is 6.08. The van der Waals surface area contributed by atoms with Crippen molar-refractivity contribution in [3.05, 3.63) is 36.0 Å². The summed E-state index contributed by atoms with van der Waals surface area (Å²) in [6.07, 6.45) is 3.28. The average molecular weight is 892 g/mol. The number of fused-ring (bicyclic) bond motifs is 1. The minimum atomic E-state index is -1.73. The maximum absolute atomic E-state index is 14.0. The number of aliphatic carboxylic acids is 2. The third-order valence-corrected chi connectivity index (χ3v) is 10.1. The number of aromatic amines is 1. The Morgan fingerprint density at radius 1 is 0.742 bits per heavy atom. The number of amides is 6. The summed E-state index contributed by atoms with van der Waals surface area (Å²) in [5, 5.41) is 43.6. The molecule has 22 nitrogen and oxygen atoms in total. The quantitative estimate of drug-likeness (QED) is 0.0244. The molecule has 2 aromatic rings. The molecule has 0 aliphatic carbocycles. The highest BCUT2D eigenvalue weighted by atomic mass is 32.2. The molecule has 16 N–H and O–H groups in total. The molecule has 1 aromatic heterocycles. The molecule has 23 heteroatoms. The first-order valence-corrected chi connectivity index (χ1v) is 21.4. The van der Waals surface area contributed by atoms with E-state index in [4.69, 9.17) is 17.2 Å². The second kappa shape index (κ2) is 26.4. The Morgan fingerprint density at radius 2 is 1.31 bits per heavy atom. The van der Waals surface area contributed by atoms with Crippen LogP contribution in [0, 0.1) is 5.92 Å². The van der Waals surface area contributed by atoms with Crippen molar-refractivity contribution >= 4 is 76.0 Å². The number of aliphatic imine (C=N–C) groups is 1. The number of aromatic nitrogens is 1. The van der Waals surface area contributed by atoms with Crippen LogP contribution in [-0.4, -0.2) is 141 Å². The van der Waals surface area contributed by atoms with Crippen LogP contribution in [-0.2, 0) is 44.8 Å². The Morgan fingerprint density at radius 3 is 1.90 bits per heavy atom.